The van der Waals surface area contributed by atoms with Crippen LogP contribution in [-0.2, 0) is 28.2 Å². The normalized spacial score (nSPS) is 21.4. The second-order valence-electron chi connectivity index (χ2n) is 11.5. The minimum absolute atomic E-state index is 0.0207. The Hall–Kier alpha value is -3.80. The fraction of sp³-hybridized carbons (Fsp3) is 0.536. The average Bonchev–Trinajstić information content (AvgIpc) is 3.12. The maximum absolute atomic E-state index is 13.6. The molecule has 3 amide bonds. The van der Waals surface area contributed by atoms with E-state index >= 15 is 0 Å². The zero-order chi connectivity index (χ0) is 29.2. The molecule has 0 spiro atoms. The van der Waals surface area contributed by atoms with Gasteiger partial charge >= 0.3 is 11.8 Å². The number of likely N-dealkylation sites (N-methyl/N-ethyl adjacent to an activating group) is 1. The monoisotopic (exact) mass is 556 g/mol. The first-order valence-electron chi connectivity index (χ1n) is 13.4. The molecule has 3 aliphatic rings. The minimum atomic E-state index is -1.16. The largest absolute Gasteiger partial charge is 0.501 e. The molecule has 40 heavy (non-hydrogen) atoms. The van der Waals surface area contributed by atoms with Crippen LogP contribution in [0.1, 0.15) is 60.4 Å². The molecule has 0 radical (unpaired) electrons. The van der Waals surface area contributed by atoms with Crippen LogP contribution < -0.4 is 16.2 Å². The Morgan fingerprint density at radius 1 is 1.07 bits per heavy atom. The molecule has 0 unspecified atom stereocenters. The van der Waals surface area contributed by atoms with E-state index in [4.69, 9.17) is 0 Å². The third kappa shape index (κ3) is 5.86. The lowest BCUT2D eigenvalue weighted by Gasteiger charge is -2.42. The summed E-state index contributed by atoms with van der Waals surface area (Å²) in [7, 11) is 6.94. The number of nitrogens with zero attached hydrogens (tertiary/aromatic N) is 4. The minimum Gasteiger partial charge on any atom is -0.501 e. The molecule has 1 fully saturated rings. The molecule has 11 nitrogen and oxygen atoms in total. The van der Waals surface area contributed by atoms with Gasteiger partial charge in [0.2, 0.25) is 5.75 Å². The predicted molar refractivity (Wildman–Crippen MR) is 145 cm³/mol. The SMILES string of the molecule is CN(C)CCCC12CCC(NC(=O)C(=O)N(C)C)(CC1)c1nc(C(=O)NCc3ccc(F)cc3)c(O)c(=O)n1C2. The first-order chi connectivity index (χ1) is 18.9. The number of fused-ring (bicyclic) bond motifs is 2. The highest BCUT2D eigenvalue weighted by Crippen LogP contribution is 2.51. The Labute approximate surface area is 232 Å². The van der Waals surface area contributed by atoms with E-state index < -0.39 is 46.1 Å². The third-order valence-electron chi connectivity index (χ3n) is 8.08. The molecule has 2 bridgehead atoms. The number of aromatic nitrogens is 2. The van der Waals surface area contributed by atoms with Crippen molar-refractivity contribution in [3.8, 4) is 5.75 Å². The second kappa shape index (κ2) is 11.4. The van der Waals surface area contributed by atoms with E-state index in [0.29, 0.717) is 31.2 Å². The summed E-state index contributed by atoms with van der Waals surface area (Å²) in [5, 5.41) is 16.3. The van der Waals surface area contributed by atoms with Crippen LogP contribution in [0.25, 0.3) is 0 Å². The topological polar surface area (TPSA) is 137 Å². The van der Waals surface area contributed by atoms with Crippen molar-refractivity contribution in [2.24, 2.45) is 5.41 Å². The molecule has 0 atom stereocenters. The molecule has 1 aromatic heterocycles. The van der Waals surface area contributed by atoms with E-state index in [9.17, 15) is 28.7 Å². The number of rotatable bonds is 8. The van der Waals surface area contributed by atoms with E-state index in [1.54, 1.807) is 0 Å². The first kappa shape index (κ1) is 29.2. The van der Waals surface area contributed by atoms with Crippen LogP contribution in [0.2, 0.25) is 0 Å². The quantitative estimate of drug-likeness (QED) is 0.418. The molecule has 1 aromatic carbocycles. The maximum atomic E-state index is 13.6. The molecule has 5 rings (SSSR count). The Morgan fingerprint density at radius 3 is 2.33 bits per heavy atom. The van der Waals surface area contributed by atoms with Crippen molar-refractivity contribution in [2.75, 3.05) is 34.7 Å². The van der Waals surface area contributed by atoms with Gasteiger partial charge in [-0.3, -0.25) is 23.7 Å². The third-order valence-corrected chi connectivity index (χ3v) is 8.08. The van der Waals surface area contributed by atoms with Gasteiger partial charge in [-0.25, -0.2) is 9.37 Å². The standard InChI is InChI=1S/C28H37FN6O5/c1-33(2)15-5-10-27-11-13-28(14-12-27,32-23(38)25(40)34(3)4)26-31-20(21(36)24(39)35(26)17-27)22(37)30-16-18-6-8-19(29)9-7-18/h6-9,36H,5,10-17H2,1-4H3,(H,30,37)(H,32,38). The molecule has 1 saturated carbocycles. The summed E-state index contributed by atoms with van der Waals surface area (Å²) < 4.78 is 14.6. The zero-order valence-corrected chi connectivity index (χ0v) is 23.4. The number of aromatic hydroxyl groups is 1. The predicted octanol–water partition coefficient (Wildman–Crippen LogP) is 1.33. The second-order valence-corrected chi connectivity index (χ2v) is 11.5. The van der Waals surface area contributed by atoms with E-state index in [-0.39, 0.29) is 24.3 Å². The first-order valence-corrected chi connectivity index (χ1v) is 13.4. The number of hydrogen-bond donors (Lipinski definition) is 3. The van der Waals surface area contributed by atoms with Crippen LogP contribution in [0.5, 0.6) is 5.75 Å². The zero-order valence-electron chi connectivity index (χ0n) is 23.4. The van der Waals surface area contributed by atoms with Crippen LogP contribution in [0, 0.1) is 11.2 Å². The van der Waals surface area contributed by atoms with Crippen molar-refractivity contribution in [3.05, 3.63) is 57.5 Å². The molecular weight excluding hydrogens is 519 g/mol. The van der Waals surface area contributed by atoms with Gasteiger partial charge in [0.05, 0.1) is 5.54 Å². The highest BCUT2D eigenvalue weighted by Gasteiger charge is 2.51. The summed E-state index contributed by atoms with van der Waals surface area (Å²) in [4.78, 5) is 59.9. The molecule has 1 aliphatic carbocycles. The van der Waals surface area contributed by atoms with Gasteiger partial charge in [-0.05, 0) is 82.3 Å². The van der Waals surface area contributed by atoms with Crippen LogP contribution in [0.4, 0.5) is 4.39 Å². The van der Waals surface area contributed by atoms with Crippen molar-refractivity contribution >= 4 is 17.7 Å². The van der Waals surface area contributed by atoms with E-state index in [1.807, 2.05) is 14.1 Å². The van der Waals surface area contributed by atoms with Crippen LogP contribution >= 0.6 is 0 Å². The van der Waals surface area contributed by atoms with Gasteiger partial charge in [0, 0.05) is 27.2 Å². The molecule has 12 heteroatoms. The average molecular weight is 557 g/mol. The molecular formula is C28H37FN6O5. The van der Waals surface area contributed by atoms with Gasteiger partial charge < -0.3 is 25.5 Å². The van der Waals surface area contributed by atoms with Gasteiger partial charge in [-0.2, -0.15) is 0 Å². The van der Waals surface area contributed by atoms with E-state index in [1.165, 1.54) is 47.8 Å². The number of carbonyl (C=O) groups is 3. The summed E-state index contributed by atoms with van der Waals surface area (Å²) in [6.07, 6.45) is 3.93. The van der Waals surface area contributed by atoms with Crippen molar-refractivity contribution in [2.45, 2.75) is 57.2 Å². The van der Waals surface area contributed by atoms with Gasteiger partial charge in [-0.1, -0.05) is 12.1 Å². The number of halogens is 1. The maximum Gasteiger partial charge on any atom is 0.311 e. The van der Waals surface area contributed by atoms with Crippen molar-refractivity contribution in [3.63, 3.8) is 0 Å². The van der Waals surface area contributed by atoms with Gasteiger partial charge in [0.15, 0.2) is 5.69 Å². The molecule has 2 aliphatic heterocycles. The Morgan fingerprint density at radius 2 is 1.73 bits per heavy atom. The molecule has 2 aromatic rings. The number of benzene rings is 1. The summed E-state index contributed by atoms with van der Waals surface area (Å²) in [5.41, 5.74) is -2.03. The summed E-state index contributed by atoms with van der Waals surface area (Å²) in [5.74, 6) is -3.39. The van der Waals surface area contributed by atoms with Crippen molar-refractivity contribution < 1.29 is 23.9 Å². The lowest BCUT2D eigenvalue weighted by molar-refractivity contribution is -0.145. The Bertz CT molecular complexity index is 1350. The molecule has 216 valence electrons. The van der Waals surface area contributed by atoms with E-state index in [2.05, 4.69) is 20.5 Å². The fourth-order valence-electron chi connectivity index (χ4n) is 5.76. The van der Waals surface area contributed by atoms with E-state index in [0.717, 1.165) is 19.4 Å². The summed E-state index contributed by atoms with van der Waals surface area (Å²) in [6.45, 7) is 1.18. The summed E-state index contributed by atoms with van der Waals surface area (Å²) in [6, 6.07) is 5.54. The number of nitrogens with one attached hydrogen (secondary N) is 2. The van der Waals surface area contributed by atoms with Crippen molar-refractivity contribution in [1.29, 1.82) is 0 Å². The highest BCUT2D eigenvalue weighted by molar-refractivity contribution is 6.35. The van der Waals surface area contributed by atoms with Gasteiger partial charge in [0.25, 0.3) is 11.5 Å². The van der Waals surface area contributed by atoms with Crippen LogP contribution in [0.3, 0.4) is 0 Å². The van der Waals surface area contributed by atoms with Crippen molar-refractivity contribution in [1.82, 2.24) is 30.0 Å². The Kier molecular flexibility index (Phi) is 8.29. The molecule has 3 heterocycles. The smallest absolute Gasteiger partial charge is 0.311 e. The van der Waals surface area contributed by atoms with Crippen LogP contribution in [-0.4, -0.2) is 76.9 Å². The lowest BCUT2D eigenvalue weighted by atomic mass is 9.66. The number of carbonyl (C=O) groups excluding carboxylic acids is 3. The number of amides is 3. The van der Waals surface area contributed by atoms with Crippen LogP contribution in [0.15, 0.2) is 29.1 Å². The molecule has 0 saturated heterocycles. The lowest BCUT2D eigenvalue weighted by Crippen LogP contribution is -2.54. The summed E-state index contributed by atoms with van der Waals surface area (Å²) >= 11 is 0. The highest BCUT2D eigenvalue weighted by atomic mass is 19.1. The van der Waals surface area contributed by atoms with Gasteiger partial charge in [0.1, 0.15) is 11.6 Å². The fourth-order valence-corrected chi connectivity index (χ4v) is 5.76. The van der Waals surface area contributed by atoms with Gasteiger partial charge in [-0.15, -0.1) is 0 Å². The molecule has 3 N–H and O–H groups in total. The number of hydrogen-bond acceptors (Lipinski definition) is 7. The Balaban J connectivity index is 1.73.